The van der Waals surface area contributed by atoms with E-state index in [9.17, 15) is 22.4 Å². The summed E-state index contributed by atoms with van der Waals surface area (Å²) >= 11 is 0. The summed E-state index contributed by atoms with van der Waals surface area (Å²) in [5.41, 5.74) is 11.3. The standard InChI is InChI=1S/C22H20F4N4O2/c23-15-7-5-14(6-8-15)20-16-4-2-1-3-13(16)9-10-30(20)21(31)19-11-18(28-29-27)17(12-32-19)22(24,25)26/h1-8,17-20H,9-12H2/t17-,18-,19+,20-/m0/s1. The second-order valence-corrected chi connectivity index (χ2v) is 7.91. The van der Waals surface area contributed by atoms with Crippen LogP contribution in [-0.4, -0.2) is 42.3 Å². The van der Waals surface area contributed by atoms with Crippen LogP contribution in [0, 0.1) is 11.7 Å². The van der Waals surface area contributed by atoms with Gasteiger partial charge >= 0.3 is 6.18 Å². The molecule has 4 atom stereocenters. The monoisotopic (exact) mass is 448 g/mol. The van der Waals surface area contributed by atoms with Gasteiger partial charge in [0.15, 0.2) is 0 Å². The third kappa shape index (κ3) is 4.28. The zero-order chi connectivity index (χ0) is 22.9. The second kappa shape index (κ2) is 8.80. The Kier molecular flexibility index (Phi) is 6.08. The first-order valence-electron chi connectivity index (χ1n) is 10.2. The molecule has 2 aromatic carbocycles. The van der Waals surface area contributed by atoms with Gasteiger partial charge in [0.2, 0.25) is 0 Å². The van der Waals surface area contributed by atoms with Crippen LogP contribution in [-0.2, 0) is 16.0 Å². The van der Waals surface area contributed by atoms with Crippen LogP contribution in [0.5, 0.6) is 0 Å². The fraction of sp³-hybridized carbons (Fsp3) is 0.409. The molecule has 0 aromatic heterocycles. The first kappa shape index (κ1) is 22.1. The van der Waals surface area contributed by atoms with Crippen LogP contribution < -0.4 is 0 Å². The van der Waals surface area contributed by atoms with Crippen LogP contribution >= 0.6 is 0 Å². The van der Waals surface area contributed by atoms with Crippen LogP contribution in [0.4, 0.5) is 17.6 Å². The third-order valence-corrected chi connectivity index (χ3v) is 6.05. The van der Waals surface area contributed by atoms with E-state index in [2.05, 4.69) is 10.0 Å². The predicted molar refractivity (Wildman–Crippen MR) is 107 cm³/mol. The summed E-state index contributed by atoms with van der Waals surface area (Å²) in [6.07, 6.45) is -5.57. The number of azide groups is 1. The maximum Gasteiger partial charge on any atom is 0.394 e. The molecule has 0 unspecified atom stereocenters. The number of carbonyl (C=O) groups excluding carboxylic acids is 1. The normalized spacial score (nSPS) is 25.6. The van der Waals surface area contributed by atoms with Crippen molar-refractivity contribution in [2.75, 3.05) is 13.2 Å². The second-order valence-electron chi connectivity index (χ2n) is 7.91. The number of carbonyl (C=O) groups is 1. The minimum absolute atomic E-state index is 0.326. The molecule has 4 rings (SSSR count). The lowest BCUT2D eigenvalue weighted by Gasteiger charge is -2.41. The van der Waals surface area contributed by atoms with Crippen LogP contribution in [0.15, 0.2) is 53.6 Å². The highest BCUT2D eigenvalue weighted by atomic mass is 19.4. The van der Waals surface area contributed by atoms with Gasteiger partial charge in [-0.2, -0.15) is 13.2 Å². The number of ether oxygens (including phenoxy) is 1. The molecule has 0 N–H and O–H groups in total. The zero-order valence-electron chi connectivity index (χ0n) is 16.9. The van der Waals surface area contributed by atoms with E-state index in [4.69, 9.17) is 10.3 Å². The fourth-order valence-corrected chi connectivity index (χ4v) is 4.45. The average molecular weight is 448 g/mol. The summed E-state index contributed by atoms with van der Waals surface area (Å²) in [7, 11) is 0. The van der Waals surface area contributed by atoms with Gasteiger partial charge < -0.3 is 9.64 Å². The Balaban J connectivity index is 1.65. The molecule has 0 saturated carbocycles. The molecule has 2 aliphatic heterocycles. The Bertz CT molecular complexity index is 1040. The number of halogens is 4. The number of amides is 1. The average Bonchev–Trinajstić information content (AvgIpc) is 2.78. The van der Waals surface area contributed by atoms with E-state index in [0.717, 1.165) is 11.1 Å². The van der Waals surface area contributed by atoms with Gasteiger partial charge in [-0.15, -0.1) is 0 Å². The van der Waals surface area contributed by atoms with Crippen molar-refractivity contribution in [1.29, 1.82) is 0 Å². The first-order valence-corrected chi connectivity index (χ1v) is 10.2. The molecular weight excluding hydrogens is 428 g/mol. The fourth-order valence-electron chi connectivity index (χ4n) is 4.45. The van der Waals surface area contributed by atoms with Crippen molar-refractivity contribution in [1.82, 2.24) is 4.90 Å². The molecule has 0 spiro atoms. The Morgan fingerprint density at radius 3 is 2.56 bits per heavy atom. The van der Waals surface area contributed by atoms with Crippen molar-refractivity contribution in [3.63, 3.8) is 0 Å². The molecule has 2 aromatic rings. The summed E-state index contributed by atoms with van der Waals surface area (Å²) in [5.74, 6) is -2.85. The summed E-state index contributed by atoms with van der Waals surface area (Å²) in [4.78, 5) is 17.5. The first-order chi connectivity index (χ1) is 15.3. The lowest BCUT2D eigenvalue weighted by molar-refractivity contribution is -0.215. The molecule has 2 heterocycles. The molecule has 6 nitrogen and oxygen atoms in total. The number of fused-ring (bicyclic) bond motifs is 1. The van der Waals surface area contributed by atoms with Crippen LogP contribution in [0.25, 0.3) is 10.4 Å². The Labute approximate surface area is 181 Å². The number of nitrogens with zero attached hydrogens (tertiary/aromatic N) is 4. The van der Waals surface area contributed by atoms with Gasteiger partial charge in [-0.1, -0.05) is 41.5 Å². The molecule has 2 aliphatic rings. The number of hydrogen-bond acceptors (Lipinski definition) is 3. The predicted octanol–water partition coefficient (Wildman–Crippen LogP) is 4.95. The topological polar surface area (TPSA) is 78.3 Å². The van der Waals surface area contributed by atoms with Gasteiger partial charge in [-0.3, -0.25) is 4.79 Å². The van der Waals surface area contributed by atoms with Gasteiger partial charge in [0.05, 0.1) is 24.6 Å². The van der Waals surface area contributed by atoms with Gasteiger partial charge in [0, 0.05) is 11.5 Å². The Morgan fingerprint density at radius 1 is 1.16 bits per heavy atom. The molecule has 168 valence electrons. The maximum absolute atomic E-state index is 13.5. The minimum Gasteiger partial charge on any atom is -0.368 e. The van der Waals surface area contributed by atoms with E-state index in [1.165, 1.54) is 12.1 Å². The molecule has 1 amide bonds. The lowest BCUT2D eigenvalue weighted by atomic mass is 9.86. The molecule has 1 fully saturated rings. The van der Waals surface area contributed by atoms with Gasteiger partial charge in [-0.25, -0.2) is 4.39 Å². The van der Waals surface area contributed by atoms with Crippen LogP contribution in [0.1, 0.15) is 29.2 Å². The SMILES string of the molecule is [N-]=[N+]=N[C@H]1C[C@H](C(=O)N2CCc3ccccc3[C@@H]2c2ccc(F)cc2)OC[C@@H]1C(F)(F)F. The van der Waals surface area contributed by atoms with Crippen LogP contribution in [0.2, 0.25) is 0 Å². The molecule has 0 bridgehead atoms. The highest BCUT2D eigenvalue weighted by molar-refractivity contribution is 5.82. The Hall–Kier alpha value is -3.10. The van der Waals surface area contributed by atoms with Gasteiger partial charge in [0.1, 0.15) is 11.9 Å². The quantitative estimate of drug-likeness (QED) is 0.288. The van der Waals surface area contributed by atoms with Crippen molar-refractivity contribution in [2.45, 2.75) is 37.2 Å². The maximum atomic E-state index is 13.5. The van der Waals surface area contributed by atoms with E-state index >= 15 is 0 Å². The summed E-state index contributed by atoms with van der Waals surface area (Å²) in [6.45, 7) is -0.429. The molecule has 1 saturated heterocycles. The van der Waals surface area contributed by atoms with E-state index in [-0.39, 0.29) is 6.42 Å². The van der Waals surface area contributed by atoms with E-state index in [1.54, 1.807) is 17.0 Å². The Morgan fingerprint density at radius 2 is 1.88 bits per heavy atom. The van der Waals surface area contributed by atoms with Crippen LogP contribution in [0.3, 0.4) is 0 Å². The smallest absolute Gasteiger partial charge is 0.368 e. The summed E-state index contributed by atoms with van der Waals surface area (Å²) < 4.78 is 58.7. The van der Waals surface area contributed by atoms with Crippen molar-refractivity contribution in [3.8, 4) is 0 Å². The van der Waals surface area contributed by atoms with Crippen molar-refractivity contribution in [3.05, 3.63) is 81.5 Å². The van der Waals surface area contributed by atoms with Gasteiger partial charge in [-0.05, 0) is 47.2 Å². The molecule has 0 aliphatic carbocycles. The minimum atomic E-state index is -4.60. The molecule has 32 heavy (non-hydrogen) atoms. The summed E-state index contributed by atoms with van der Waals surface area (Å²) in [6, 6.07) is 11.4. The number of hydrogen-bond donors (Lipinski definition) is 0. The van der Waals surface area contributed by atoms with Crippen molar-refractivity contribution >= 4 is 5.91 Å². The highest BCUT2D eigenvalue weighted by Crippen LogP contribution is 2.39. The number of alkyl halides is 3. The molecule has 0 radical (unpaired) electrons. The van der Waals surface area contributed by atoms with E-state index < -0.39 is 48.6 Å². The number of rotatable bonds is 3. The highest BCUT2D eigenvalue weighted by Gasteiger charge is 2.50. The third-order valence-electron chi connectivity index (χ3n) is 6.05. The molecule has 10 heteroatoms. The number of benzene rings is 2. The van der Waals surface area contributed by atoms with Crippen molar-refractivity contribution in [2.24, 2.45) is 11.0 Å². The van der Waals surface area contributed by atoms with Gasteiger partial charge in [0.25, 0.3) is 5.91 Å². The molecular formula is C22H20F4N4O2. The lowest BCUT2D eigenvalue weighted by Crippen LogP contribution is -2.52. The van der Waals surface area contributed by atoms with E-state index in [0.29, 0.717) is 18.5 Å². The van der Waals surface area contributed by atoms with E-state index in [1.807, 2.05) is 24.3 Å². The zero-order valence-corrected chi connectivity index (χ0v) is 16.9. The summed E-state index contributed by atoms with van der Waals surface area (Å²) in [5, 5.41) is 3.30. The largest absolute Gasteiger partial charge is 0.394 e. The van der Waals surface area contributed by atoms with Crippen molar-refractivity contribution < 1.29 is 27.1 Å².